The number of nitrogens with one attached hydrogen (secondary N) is 1. The summed E-state index contributed by atoms with van der Waals surface area (Å²) in [5.41, 5.74) is 5.01. The van der Waals surface area contributed by atoms with Crippen molar-refractivity contribution >= 4 is 50.7 Å². The molecule has 0 amide bonds. The Kier molecular flexibility index (Phi) is 8.18. The Morgan fingerprint density at radius 3 is 2.24 bits per heavy atom. The summed E-state index contributed by atoms with van der Waals surface area (Å²) < 4.78 is 11.4. The first-order valence-electron chi connectivity index (χ1n) is 14.3. The molecular weight excluding hydrogens is 546 g/mol. The zero-order chi connectivity index (χ0) is 28.9. The lowest BCUT2D eigenvalue weighted by Crippen LogP contribution is -2.47. The van der Waals surface area contributed by atoms with Gasteiger partial charge in [0.05, 0.1) is 29.9 Å². The molecule has 1 N–H and O–H groups in total. The predicted octanol–water partition coefficient (Wildman–Crippen LogP) is 7.00. The van der Waals surface area contributed by atoms with E-state index in [1.54, 1.807) is 0 Å². The van der Waals surface area contributed by atoms with Crippen molar-refractivity contribution in [2.24, 2.45) is 0 Å². The van der Waals surface area contributed by atoms with Gasteiger partial charge in [0.1, 0.15) is 16.3 Å². The lowest BCUT2D eigenvalue weighted by Gasteiger charge is -2.37. The van der Waals surface area contributed by atoms with Crippen LogP contribution in [0.15, 0.2) is 84.2 Å². The Morgan fingerprint density at radius 1 is 0.833 bits per heavy atom. The lowest BCUT2D eigenvalue weighted by molar-refractivity contribution is 0.0529. The number of rotatable bonds is 9. The molecule has 0 bridgehead atoms. The number of thiophene rings is 1. The highest BCUT2D eigenvalue weighted by Gasteiger charge is 2.26. The summed E-state index contributed by atoms with van der Waals surface area (Å²) in [5, 5.41) is 6.17. The van der Waals surface area contributed by atoms with Crippen LogP contribution in [-0.4, -0.2) is 55.3 Å². The topological polar surface area (TPSA) is 79.8 Å². The van der Waals surface area contributed by atoms with Gasteiger partial charge >= 0.3 is 5.97 Å². The molecule has 0 saturated carbocycles. The van der Waals surface area contributed by atoms with Crippen LogP contribution in [0.1, 0.15) is 24.2 Å². The summed E-state index contributed by atoms with van der Waals surface area (Å²) in [6.07, 6.45) is 0. The molecule has 0 aliphatic carbocycles. The van der Waals surface area contributed by atoms with E-state index in [0.29, 0.717) is 29.6 Å². The maximum atomic E-state index is 13.2. The Balaban J connectivity index is 1.34. The molecule has 214 valence electrons. The van der Waals surface area contributed by atoms with Gasteiger partial charge in [-0.2, -0.15) is 0 Å². The summed E-state index contributed by atoms with van der Waals surface area (Å²) in [6, 6.07) is 25.9. The van der Waals surface area contributed by atoms with Gasteiger partial charge in [-0.25, -0.2) is 14.8 Å². The fourth-order valence-corrected chi connectivity index (χ4v) is 6.20. The van der Waals surface area contributed by atoms with Gasteiger partial charge in [0, 0.05) is 37.1 Å². The van der Waals surface area contributed by atoms with E-state index >= 15 is 0 Å². The highest BCUT2D eigenvalue weighted by molar-refractivity contribution is 7.15. The first-order chi connectivity index (χ1) is 20.7. The normalized spacial score (nSPS) is 13.3. The molecule has 1 saturated heterocycles. The third-order valence-corrected chi connectivity index (χ3v) is 8.12. The number of piperazine rings is 1. The van der Waals surface area contributed by atoms with Crippen molar-refractivity contribution in [3.05, 3.63) is 89.8 Å². The van der Waals surface area contributed by atoms with Gasteiger partial charge in [-0.3, -0.25) is 0 Å². The Morgan fingerprint density at radius 2 is 1.50 bits per heavy atom. The average Bonchev–Trinajstić information content (AvgIpc) is 3.45. The molecule has 1 fully saturated rings. The first-order valence-corrected chi connectivity index (χ1v) is 15.1. The smallest absolute Gasteiger partial charge is 0.341 e. The van der Waals surface area contributed by atoms with Crippen molar-refractivity contribution < 1.29 is 14.3 Å². The van der Waals surface area contributed by atoms with Gasteiger partial charge in [-0.1, -0.05) is 54.6 Å². The monoisotopic (exact) mass is 579 g/mol. The van der Waals surface area contributed by atoms with Crippen molar-refractivity contribution in [3.8, 4) is 16.9 Å². The molecule has 42 heavy (non-hydrogen) atoms. The van der Waals surface area contributed by atoms with Crippen LogP contribution in [0.5, 0.6) is 5.75 Å². The number of hydrogen-bond donors (Lipinski definition) is 1. The van der Waals surface area contributed by atoms with E-state index in [9.17, 15) is 4.79 Å². The highest BCUT2D eigenvalue weighted by atomic mass is 32.1. The van der Waals surface area contributed by atoms with Crippen LogP contribution in [0.2, 0.25) is 0 Å². The highest BCUT2D eigenvalue weighted by Crippen LogP contribution is 2.39. The molecule has 9 heteroatoms. The molecular formula is C33H33N5O3S. The number of para-hydroxylation sites is 4. The van der Waals surface area contributed by atoms with Crippen molar-refractivity contribution in [2.75, 3.05) is 54.5 Å². The zero-order valence-corrected chi connectivity index (χ0v) is 24.6. The number of esters is 1. The van der Waals surface area contributed by atoms with Crippen LogP contribution < -0.4 is 19.9 Å². The van der Waals surface area contributed by atoms with E-state index in [1.807, 2.05) is 92.0 Å². The average molecular weight is 580 g/mol. The molecule has 1 aliphatic rings. The van der Waals surface area contributed by atoms with Gasteiger partial charge in [-0.05, 0) is 43.7 Å². The number of hydrogen-bond acceptors (Lipinski definition) is 9. The van der Waals surface area contributed by atoms with Crippen molar-refractivity contribution in [1.29, 1.82) is 0 Å². The summed E-state index contributed by atoms with van der Waals surface area (Å²) >= 11 is 1.46. The van der Waals surface area contributed by atoms with Gasteiger partial charge in [0.15, 0.2) is 11.6 Å². The third kappa shape index (κ3) is 5.60. The maximum Gasteiger partial charge on any atom is 0.341 e. The molecule has 5 aromatic rings. The Labute approximate surface area is 249 Å². The van der Waals surface area contributed by atoms with E-state index < -0.39 is 0 Å². The minimum atomic E-state index is -0.364. The van der Waals surface area contributed by atoms with Gasteiger partial charge in [0.25, 0.3) is 0 Å². The predicted molar refractivity (Wildman–Crippen MR) is 171 cm³/mol. The molecule has 6 rings (SSSR count). The Hall–Kier alpha value is -4.63. The van der Waals surface area contributed by atoms with Crippen molar-refractivity contribution in [1.82, 2.24) is 9.97 Å². The number of aromatic nitrogens is 2. The molecule has 3 heterocycles. The second-order valence-electron chi connectivity index (χ2n) is 9.82. The number of fused-ring (bicyclic) bond motifs is 1. The third-order valence-electron chi connectivity index (χ3n) is 7.22. The molecule has 8 nitrogen and oxygen atoms in total. The van der Waals surface area contributed by atoms with Crippen LogP contribution in [0, 0.1) is 0 Å². The molecule has 0 atom stereocenters. The summed E-state index contributed by atoms with van der Waals surface area (Å²) in [4.78, 5) is 27.9. The number of nitrogens with zero attached hydrogens (tertiary/aromatic N) is 4. The van der Waals surface area contributed by atoms with E-state index in [1.165, 1.54) is 11.3 Å². The number of anilines is 4. The molecule has 1 aliphatic heterocycles. The minimum absolute atomic E-state index is 0.292. The van der Waals surface area contributed by atoms with E-state index in [4.69, 9.17) is 19.4 Å². The summed E-state index contributed by atoms with van der Waals surface area (Å²) in [6.45, 7) is 7.87. The van der Waals surface area contributed by atoms with Gasteiger partial charge < -0.3 is 24.6 Å². The van der Waals surface area contributed by atoms with E-state index in [0.717, 1.165) is 65.6 Å². The van der Waals surface area contributed by atoms with Crippen LogP contribution >= 0.6 is 11.3 Å². The Bertz CT molecular complexity index is 1680. The maximum absolute atomic E-state index is 13.2. The van der Waals surface area contributed by atoms with E-state index in [-0.39, 0.29) is 5.97 Å². The van der Waals surface area contributed by atoms with Crippen LogP contribution in [0.4, 0.5) is 22.3 Å². The fraction of sp³-hybridized carbons (Fsp3) is 0.242. The molecule has 0 spiro atoms. The largest absolute Gasteiger partial charge is 0.492 e. The summed E-state index contributed by atoms with van der Waals surface area (Å²) in [5.74, 6) is 1.91. The number of benzene rings is 3. The van der Waals surface area contributed by atoms with Crippen LogP contribution in [0.25, 0.3) is 22.2 Å². The summed E-state index contributed by atoms with van der Waals surface area (Å²) in [7, 11) is 0. The molecule has 0 radical (unpaired) electrons. The number of carbonyl (C=O) groups is 1. The standard InChI is InChI=1S/C33H33N5O3S/c1-3-40-28-17-11-10-16-27(28)37-18-20-38(21-19-37)31-30(34-25-14-8-9-15-26(25)35-31)36-32-29(33(39)41-4-2)24(22-42-32)23-12-6-5-7-13-23/h5-17,22H,3-4,18-21H2,1-2H3,(H,34,36). The van der Waals surface area contributed by atoms with Gasteiger partial charge in [-0.15, -0.1) is 11.3 Å². The van der Waals surface area contributed by atoms with Crippen molar-refractivity contribution in [2.45, 2.75) is 13.8 Å². The number of ether oxygens (including phenoxy) is 2. The fourth-order valence-electron chi connectivity index (χ4n) is 5.24. The minimum Gasteiger partial charge on any atom is -0.492 e. The second-order valence-corrected chi connectivity index (χ2v) is 10.7. The SMILES string of the molecule is CCOC(=O)c1c(-c2ccccc2)csc1Nc1nc2ccccc2nc1N1CCN(c2ccccc2OCC)CC1. The zero-order valence-electron chi connectivity index (χ0n) is 23.7. The quantitative estimate of drug-likeness (QED) is 0.187. The number of carbonyl (C=O) groups excluding carboxylic acids is 1. The lowest BCUT2D eigenvalue weighted by atomic mass is 10.0. The molecule has 0 unspecified atom stereocenters. The molecule has 2 aromatic heterocycles. The van der Waals surface area contributed by atoms with E-state index in [2.05, 4.69) is 21.2 Å². The second kappa shape index (κ2) is 12.5. The van der Waals surface area contributed by atoms with Gasteiger partial charge in [0.2, 0.25) is 0 Å². The van der Waals surface area contributed by atoms with Crippen LogP contribution in [-0.2, 0) is 4.74 Å². The first kappa shape index (κ1) is 27.5. The molecule has 3 aromatic carbocycles. The van der Waals surface area contributed by atoms with Crippen LogP contribution in [0.3, 0.4) is 0 Å². The van der Waals surface area contributed by atoms with Crippen molar-refractivity contribution in [3.63, 3.8) is 0 Å².